The minimum absolute atomic E-state index is 0.0318. The Bertz CT molecular complexity index is 1540. The van der Waals surface area contributed by atoms with Crippen LogP contribution in [0.15, 0.2) is 101 Å². The average molecular weight is 567 g/mol. The number of aliphatic imine (C=N–C) groups is 1. The lowest BCUT2D eigenvalue weighted by molar-refractivity contribution is -0.128. The van der Waals surface area contributed by atoms with Gasteiger partial charge in [0.05, 0.1) is 13.2 Å². The average Bonchev–Trinajstić information content (AvgIpc) is 3.40. The fourth-order valence-electron chi connectivity index (χ4n) is 4.72. The fourth-order valence-corrected chi connectivity index (χ4v) is 4.72. The molecule has 1 aliphatic rings. The number of benzene rings is 3. The summed E-state index contributed by atoms with van der Waals surface area (Å²) in [6.45, 7) is 4.35. The van der Waals surface area contributed by atoms with Crippen molar-refractivity contribution in [2.24, 2.45) is 15.2 Å². The molecule has 1 heterocycles. The van der Waals surface area contributed by atoms with Crippen molar-refractivity contribution >= 4 is 17.5 Å². The number of rotatable bonds is 14. The zero-order valence-electron chi connectivity index (χ0n) is 22.8. The minimum atomic E-state index is -1.54. The molecule has 2 N–H and O–H groups in total. The van der Waals surface area contributed by atoms with Crippen molar-refractivity contribution in [3.63, 3.8) is 0 Å². The molecule has 12 nitrogen and oxygen atoms in total. The number of carbonyl (C=O) groups excluding carboxylic acids is 1. The van der Waals surface area contributed by atoms with Gasteiger partial charge in [0.15, 0.2) is 11.6 Å². The van der Waals surface area contributed by atoms with Gasteiger partial charge in [-0.1, -0.05) is 64.8 Å². The van der Waals surface area contributed by atoms with E-state index in [0.29, 0.717) is 46.7 Å². The highest BCUT2D eigenvalue weighted by Gasteiger charge is 2.53. The Kier molecular flexibility index (Phi) is 10.2. The van der Waals surface area contributed by atoms with Crippen LogP contribution in [0.5, 0.6) is 5.75 Å². The van der Waals surface area contributed by atoms with Gasteiger partial charge in [-0.25, -0.2) is 4.99 Å². The third-order valence-corrected chi connectivity index (χ3v) is 6.68. The van der Waals surface area contributed by atoms with Gasteiger partial charge in [-0.3, -0.25) is 4.79 Å². The summed E-state index contributed by atoms with van der Waals surface area (Å²) in [4.78, 5) is 24.9. The van der Waals surface area contributed by atoms with Crippen LogP contribution in [-0.4, -0.2) is 42.2 Å². The van der Waals surface area contributed by atoms with Gasteiger partial charge in [0.1, 0.15) is 5.75 Å². The monoisotopic (exact) mass is 566 g/mol. The number of aliphatic hydroxyl groups excluding tert-OH is 1. The van der Waals surface area contributed by atoms with Crippen molar-refractivity contribution in [3.05, 3.63) is 129 Å². The number of azide groups is 2. The molecule has 42 heavy (non-hydrogen) atoms. The lowest BCUT2D eigenvalue weighted by atomic mass is 9.80. The highest BCUT2D eigenvalue weighted by Crippen LogP contribution is 2.44. The van der Waals surface area contributed by atoms with Crippen molar-refractivity contribution < 1.29 is 19.4 Å². The molecule has 12 heteroatoms. The van der Waals surface area contributed by atoms with E-state index in [9.17, 15) is 10.3 Å². The third-order valence-electron chi connectivity index (χ3n) is 6.68. The van der Waals surface area contributed by atoms with E-state index in [2.05, 4.69) is 31.9 Å². The molecular formula is C30H30N8O4. The van der Waals surface area contributed by atoms with Gasteiger partial charge >= 0.3 is 0 Å². The molecule has 0 bridgehead atoms. The van der Waals surface area contributed by atoms with Crippen molar-refractivity contribution in [3.8, 4) is 5.75 Å². The molecule has 0 aromatic heterocycles. The smallest absolute Gasteiger partial charge is 0.252 e. The van der Waals surface area contributed by atoms with E-state index in [0.717, 1.165) is 0 Å². The maximum Gasteiger partial charge on any atom is 0.252 e. The number of hydrogen-bond donors (Lipinski definition) is 2. The summed E-state index contributed by atoms with van der Waals surface area (Å²) in [6.07, 6.45) is 1.19. The normalized spacial score (nSPS) is 17.2. The highest BCUT2D eigenvalue weighted by molar-refractivity contribution is 6.01. The molecule has 0 saturated heterocycles. The topological polar surface area (TPSA) is 178 Å². The predicted octanol–water partition coefficient (Wildman–Crippen LogP) is 6.00. The summed E-state index contributed by atoms with van der Waals surface area (Å²) in [6, 6.07) is 21.3. The number of amides is 1. The quantitative estimate of drug-likeness (QED) is 0.0799. The van der Waals surface area contributed by atoms with Crippen LogP contribution in [0, 0.1) is 0 Å². The summed E-state index contributed by atoms with van der Waals surface area (Å²) in [5.74, 6) is 0.427. The Balaban J connectivity index is 1.87. The lowest BCUT2D eigenvalue weighted by Crippen LogP contribution is -2.50. The number of nitrogens with one attached hydrogen (secondary N) is 1. The molecule has 3 aromatic carbocycles. The molecule has 0 aliphatic carbocycles. The first-order chi connectivity index (χ1) is 20.6. The summed E-state index contributed by atoms with van der Waals surface area (Å²) in [7, 11) is 0. The zero-order chi connectivity index (χ0) is 29.8. The summed E-state index contributed by atoms with van der Waals surface area (Å²) in [5, 5.41) is 19.5. The molecule has 0 radical (unpaired) electrons. The fraction of sp³-hybridized carbons (Fsp3) is 0.267. The van der Waals surface area contributed by atoms with E-state index in [-0.39, 0.29) is 32.0 Å². The Morgan fingerprint density at radius 1 is 1.10 bits per heavy atom. The number of hydrogen-bond acceptors (Lipinski definition) is 7. The third kappa shape index (κ3) is 6.71. The van der Waals surface area contributed by atoms with E-state index >= 15 is 0 Å². The van der Waals surface area contributed by atoms with Gasteiger partial charge in [-0.15, -0.1) is 6.58 Å². The zero-order valence-corrected chi connectivity index (χ0v) is 22.8. The lowest BCUT2D eigenvalue weighted by Gasteiger charge is -2.32. The minimum Gasteiger partial charge on any atom is -0.494 e. The molecule has 0 unspecified atom stereocenters. The standard InChI is InChI=1S/C30H30N8O4/c1-2-16-33-29(40)30(19-22-8-4-6-11-26(22)36-38-32)27(25-10-5-3-9-23(25)20-34-37-31)42-28(35-30)21-12-14-24(15-13-21)41-18-7-17-39/h2-6,8-15,27,39H,1,7,16-20H2,(H,33,40)/t27-,30-/m1/s1. The molecular weight excluding hydrogens is 536 g/mol. The summed E-state index contributed by atoms with van der Waals surface area (Å²) < 4.78 is 12.2. The Morgan fingerprint density at radius 3 is 2.55 bits per heavy atom. The SMILES string of the molecule is C=CCNC(=O)[C@]1(Cc2ccccc2N=[N+]=[N-])N=C(c2ccc(OCCCO)cc2)O[C@@H]1c1ccccc1CN=[N+]=[N-]. The van der Waals surface area contributed by atoms with Crippen LogP contribution >= 0.6 is 0 Å². The molecule has 0 spiro atoms. The second-order valence-electron chi connectivity index (χ2n) is 9.37. The molecule has 0 fully saturated rings. The van der Waals surface area contributed by atoms with E-state index in [4.69, 9.17) is 25.1 Å². The summed E-state index contributed by atoms with van der Waals surface area (Å²) >= 11 is 0. The first-order valence-corrected chi connectivity index (χ1v) is 13.3. The van der Waals surface area contributed by atoms with E-state index in [1.807, 2.05) is 24.3 Å². The largest absolute Gasteiger partial charge is 0.494 e. The maximum atomic E-state index is 14.1. The van der Waals surface area contributed by atoms with Gasteiger partial charge in [-0.2, -0.15) is 0 Å². The first kappa shape index (κ1) is 29.7. The number of aliphatic hydroxyl groups is 1. The van der Waals surface area contributed by atoms with Crippen molar-refractivity contribution in [2.45, 2.75) is 31.0 Å². The van der Waals surface area contributed by atoms with Crippen LogP contribution in [0.4, 0.5) is 5.69 Å². The second kappa shape index (κ2) is 14.4. The van der Waals surface area contributed by atoms with E-state index in [1.54, 1.807) is 54.6 Å². The van der Waals surface area contributed by atoms with Crippen LogP contribution in [0.3, 0.4) is 0 Å². The van der Waals surface area contributed by atoms with Gasteiger partial charge < -0.3 is 19.9 Å². The Labute approximate surface area is 242 Å². The van der Waals surface area contributed by atoms with Crippen LogP contribution in [0.25, 0.3) is 20.9 Å². The molecule has 3 aromatic rings. The number of nitrogens with zero attached hydrogens (tertiary/aromatic N) is 7. The number of ether oxygens (including phenoxy) is 2. The van der Waals surface area contributed by atoms with Gasteiger partial charge in [0.25, 0.3) is 5.91 Å². The molecule has 0 saturated carbocycles. The van der Waals surface area contributed by atoms with Gasteiger partial charge in [0, 0.05) is 47.1 Å². The predicted molar refractivity (Wildman–Crippen MR) is 158 cm³/mol. The molecule has 1 amide bonds. The number of carbonyl (C=O) groups is 1. The Morgan fingerprint density at radius 2 is 1.83 bits per heavy atom. The Hall–Kier alpha value is -5.28. The molecule has 1 aliphatic heterocycles. The van der Waals surface area contributed by atoms with Crippen molar-refractivity contribution in [1.29, 1.82) is 0 Å². The van der Waals surface area contributed by atoms with Crippen LogP contribution < -0.4 is 10.1 Å². The van der Waals surface area contributed by atoms with Crippen LogP contribution in [-0.2, 0) is 22.5 Å². The second-order valence-corrected chi connectivity index (χ2v) is 9.37. The first-order valence-electron chi connectivity index (χ1n) is 13.3. The van der Waals surface area contributed by atoms with Crippen molar-refractivity contribution in [2.75, 3.05) is 19.8 Å². The molecule has 2 atom stereocenters. The van der Waals surface area contributed by atoms with E-state index < -0.39 is 17.6 Å². The van der Waals surface area contributed by atoms with Gasteiger partial charge in [0.2, 0.25) is 5.90 Å². The van der Waals surface area contributed by atoms with Crippen LogP contribution in [0.1, 0.15) is 34.8 Å². The maximum absolute atomic E-state index is 14.1. The highest BCUT2D eigenvalue weighted by atomic mass is 16.5. The van der Waals surface area contributed by atoms with E-state index in [1.165, 1.54) is 0 Å². The summed E-state index contributed by atoms with van der Waals surface area (Å²) in [5.41, 5.74) is 19.5. The molecule has 4 rings (SSSR count). The molecule has 214 valence electrons. The van der Waals surface area contributed by atoms with Crippen LogP contribution in [0.2, 0.25) is 0 Å². The van der Waals surface area contributed by atoms with Gasteiger partial charge in [-0.05, 0) is 52.0 Å². The van der Waals surface area contributed by atoms with Crippen molar-refractivity contribution in [1.82, 2.24) is 5.32 Å².